The molecule has 1 atom stereocenters. The summed E-state index contributed by atoms with van der Waals surface area (Å²) in [4.78, 5) is 11.2. The summed E-state index contributed by atoms with van der Waals surface area (Å²) in [6.45, 7) is 6.37. The maximum absolute atomic E-state index is 5.89. The van der Waals surface area contributed by atoms with Crippen LogP contribution in [0.1, 0.15) is 23.2 Å². The molecule has 3 rings (SSSR count). The number of benzene rings is 1. The Morgan fingerprint density at radius 1 is 1.15 bits per heavy atom. The van der Waals surface area contributed by atoms with Gasteiger partial charge in [-0.25, -0.2) is 9.97 Å². The molecule has 1 aliphatic heterocycles. The third-order valence-corrected chi connectivity index (χ3v) is 3.51. The smallest absolute Gasteiger partial charge is 0.132 e. The molecular formula is C16H19N3O. The molecular weight excluding hydrogens is 250 g/mol. The maximum Gasteiger partial charge on any atom is 0.132 e. The number of ether oxygens (including phenoxy) is 1. The van der Waals surface area contributed by atoms with Gasteiger partial charge >= 0.3 is 0 Å². The number of aromatic nitrogens is 2. The van der Waals surface area contributed by atoms with Crippen LogP contribution < -0.4 is 4.90 Å². The van der Waals surface area contributed by atoms with Crippen molar-refractivity contribution in [1.82, 2.24) is 9.97 Å². The van der Waals surface area contributed by atoms with E-state index in [1.165, 1.54) is 5.56 Å². The summed E-state index contributed by atoms with van der Waals surface area (Å²) >= 11 is 0. The molecule has 1 aliphatic rings. The molecule has 0 amide bonds. The maximum atomic E-state index is 5.89. The third-order valence-electron chi connectivity index (χ3n) is 3.51. The molecule has 0 saturated carbocycles. The number of nitrogens with zero attached hydrogens (tertiary/aromatic N) is 3. The zero-order valence-electron chi connectivity index (χ0n) is 11.9. The highest BCUT2D eigenvalue weighted by atomic mass is 16.5. The minimum Gasteiger partial charge on any atom is -0.370 e. The Kier molecular flexibility index (Phi) is 3.65. The standard InChI is InChI=1S/C16H19N3O/c1-12-10-16(18-13(2)17-12)19-8-9-20-15(11-19)14-6-4-3-5-7-14/h3-7,10,15H,8-9,11H2,1-2H3. The van der Waals surface area contributed by atoms with Crippen LogP contribution in [0, 0.1) is 13.8 Å². The van der Waals surface area contributed by atoms with Crippen LogP contribution in [0.2, 0.25) is 0 Å². The van der Waals surface area contributed by atoms with Gasteiger partial charge in [-0.1, -0.05) is 30.3 Å². The molecule has 0 aliphatic carbocycles. The van der Waals surface area contributed by atoms with Gasteiger partial charge in [0, 0.05) is 24.8 Å². The van der Waals surface area contributed by atoms with Gasteiger partial charge in [-0.05, 0) is 19.4 Å². The molecule has 1 saturated heterocycles. The lowest BCUT2D eigenvalue weighted by Gasteiger charge is -2.34. The van der Waals surface area contributed by atoms with Gasteiger partial charge in [0.05, 0.1) is 6.61 Å². The van der Waals surface area contributed by atoms with Crippen LogP contribution in [0.25, 0.3) is 0 Å². The van der Waals surface area contributed by atoms with E-state index in [9.17, 15) is 0 Å². The SMILES string of the molecule is Cc1cc(N2CCOC(c3ccccc3)C2)nc(C)n1. The Labute approximate surface area is 119 Å². The highest BCUT2D eigenvalue weighted by molar-refractivity contribution is 5.41. The van der Waals surface area contributed by atoms with Gasteiger partial charge in [0.1, 0.15) is 17.7 Å². The van der Waals surface area contributed by atoms with Crippen molar-refractivity contribution in [1.29, 1.82) is 0 Å². The summed E-state index contributed by atoms with van der Waals surface area (Å²) in [7, 11) is 0. The molecule has 1 unspecified atom stereocenters. The molecule has 2 heterocycles. The Morgan fingerprint density at radius 2 is 1.95 bits per heavy atom. The first-order valence-corrected chi connectivity index (χ1v) is 6.96. The molecule has 1 aromatic heterocycles. The molecule has 4 nitrogen and oxygen atoms in total. The summed E-state index contributed by atoms with van der Waals surface area (Å²) in [5.74, 6) is 1.82. The van der Waals surface area contributed by atoms with Gasteiger partial charge < -0.3 is 9.64 Å². The Balaban J connectivity index is 1.81. The Morgan fingerprint density at radius 3 is 2.70 bits per heavy atom. The second-order valence-electron chi connectivity index (χ2n) is 5.13. The van der Waals surface area contributed by atoms with E-state index in [1.807, 2.05) is 26.0 Å². The highest BCUT2D eigenvalue weighted by Gasteiger charge is 2.23. The van der Waals surface area contributed by atoms with Crippen molar-refractivity contribution in [3.63, 3.8) is 0 Å². The van der Waals surface area contributed by atoms with Crippen LogP contribution in [0.5, 0.6) is 0 Å². The molecule has 4 heteroatoms. The molecule has 0 radical (unpaired) electrons. The van der Waals surface area contributed by atoms with Crippen molar-refractivity contribution < 1.29 is 4.74 Å². The van der Waals surface area contributed by atoms with Crippen LogP contribution in [-0.2, 0) is 4.74 Å². The van der Waals surface area contributed by atoms with Crippen LogP contribution in [0.3, 0.4) is 0 Å². The number of rotatable bonds is 2. The Bertz CT molecular complexity index is 565. The first-order chi connectivity index (χ1) is 9.72. The number of aryl methyl sites for hydroxylation is 2. The molecule has 0 spiro atoms. The topological polar surface area (TPSA) is 38.2 Å². The quantitative estimate of drug-likeness (QED) is 0.840. The van der Waals surface area contributed by atoms with Gasteiger partial charge in [-0.3, -0.25) is 0 Å². The summed E-state index contributed by atoms with van der Waals surface area (Å²) in [6.07, 6.45) is 0.112. The van der Waals surface area contributed by atoms with Crippen molar-refractivity contribution in [2.75, 3.05) is 24.6 Å². The van der Waals surface area contributed by atoms with E-state index in [0.717, 1.165) is 37.0 Å². The number of morpholine rings is 1. The van der Waals surface area contributed by atoms with Crippen molar-refractivity contribution in [3.8, 4) is 0 Å². The fourth-order valence-electron chi connectivity index (χ4n) is 2.59. The van der Waals surface area contributed by atoms with E-state index < -0.39 is 0 Å². The molecule has 1 aromatic carbocycles. The lowest BCUT2D eigenvalue weighted by Crippen LogP contribution is -2.39. The lowest BCUT2D eigenvalue weighted by molar-refractivity contribution is 0.0395. The predicted octanol–water partition coefficient (Wildman–Crippen LogP) is 2.67. The van der Waals surface area contributed by atoms with E-state index in [2.05, 4.69) is 39.1 Å². The van der Waals surface area contributed by atoms with Gasteiger partial charge in [-0.2, -0.15) is 0 Å². The number of anilines is 1. The highest BCUT2D eigenvalue weighted by Crippen LogP contribution is 2.25. The van der Waals surface area contributed by atoms with Crippen molar-refractivity contribution in [2.45, 2.75) is 20.0 Å². The normalized spacial score (nSPS) is 19.1. The van der Waals surface area contributed by atoms with Crippen molar-refractivity contribution in [3.05, 3.63) is 53.5 Å². The Hall–Kier alpha value is -1.94. The second kappa shape index (κ2) is 5.59. The van der Waals surface area contributed by atoms with Crippen molar-refractivity contribution in [2.24, 2.45) is 0 Å². The molecule has 2 aromatic rings. The van der Waals surface area contributed by atoms with Gasteiger partial charge in [-0.15, -0.1) is 0 Å². The van der Waals surface area contributed by atoms with E-state index >= 15 is 0 Å². The zero-order valence-corrected chi connectivity index (χ0v) is 11.9. The molecule has 0 bridgehead atoms. The first kappa shape index (κ1) is 13.1. The zero-order chi connectivity index (χ0) is 13.9. The largest absolute Gasteiger partial charge is 0.370 e. The average Bonchev–Trinajstić information content (AvgIpc) is 2.47. The summed E-state index contributed by atoms with van der Waals surface area (Å²) in [6, 6.07) is 12.4. The summed E-state index contributed by atoms with van der Waals surface area (Å²) < 4.78 is 5.89. The first-order valence-electron chi connectivity index (χ1n) is 6.96. The minimum absolute atomic E-state index is 0.112. The van der Waals surface area contributed by atoms with E-state index in [-0.39, 0.29) is 6.10 Å². The predicted molar refractivity (Wildman–Crippen MR) is 78.9 cm³/mol. The monoisotopic (exact) mass is 269 g/mol. The van der Waals surface area contributed by atoms with E-state index in [1.54, 1.807) is 0 Å². The summed E-state index contributed by atoms with van der Waals surface area (Å²) in [5.41, 5.74) is 2.23. The van der Waals surface area contributed by atoms with E-state index in [0.29, 0.717) is 0 Å². The van der Waals surface area contributed by atoms with Gasteiger partial charge in [0.2, 0.25) is 0 Å². The second-order valence-corrected chi connectivity index (χ2v) is 5.13. The number of hydrogen-bond acceptors (Lipinski definition) is 4. The van der Waals surface area contributed by atoms with E-state index in [4.69, 9.17) is 4.74 Å². The van der Waals surface area contributed by atoms with Gasteiger partial charge in [0.15, 0.2) is 0 Å². The fourth-order valence-corrected chi connectivity index (χ4v) is 2.59. The van der Waals surface area contributed by atoms with Crippen LogP contribution in [0.15, 0.2) is 36.4 Å². The molecule has 1 fully saturated rings. The third kappa shape index (κ3) is 2.80. The van der Waals surface area contributed by atoms with Crippen LogP contribution in [-0.4, -0.2) is 29.7 Å². The fraction of sp³-hybridized carbons (Fsp3) is 0.375. The van der Waals surface area contributed by atoms with Crippen LogP contribution >= 0.6 is 0 Å². The summed E-state index contributed by atoms with van der Waals surface area (Å²) in [5, 5.41) is 0. The minimum atomic E-state index is 0.112. The van der Waals surface area contributed by atoms with Crippen LogP contribution in [0.4, 0.5) is 5.82 Å². The van der Waals surface area contributed by atoms with Crippen molar-refractivity contribution >= 4 is 5.82 Å². The lowest BCUT2D eigenvalue weighted by atomic mass is 10.1. The molecule has 20 heavy (non-hydrogen) atoms. The number of hydrogen-bond donors (Lipinski definition) is 0. The van der Waals surface area contributed by atoms with Gasteiger partial charge in [0.25, 0.3) is 0 Å². The molecule has 104 valence electrons. The average molecular weight is 269 g/mol. The molecule has 0 N–H and O–H groups in total.